The van der Waals surface area contributed by atoms with Crippen LogP contribution in [0.25, 0.3) is 11.2 Å². The minimum Gasteiger partial charge on any atom is -0.493 e. The number of rotatable bonds is 1. The minimum absolute atomic E-state index is 0.0754. The lowest BCUT2D eigenvalue weighted by atomic mass is 9.86. The molecule has 4 bridgehead atoms. The summed E-state index contributed by atoms with van der Waals surface area (Å²) in [7, 11) is 0. The van der Waals surface area contributed by atoms with E-state index in [9.17, 15) is 0 Å². The summed E-state index contributed by atoms with van der Waals surface area (Å²) in [5.74, 6) is 1.46. The van der Waals surface area contributed by atoms with Gasteiger partial charge in [0.15, 0.2) is 0 Å². The topological polar surface area (TPSA) is 120 Å². The van der Waals surface area contributed by atoms with Crippen molar-refractivity contribution in [3.63, 3.8) is 0 Å². The molecule has 3 aromatic heterocycles. The van der Waals surface area contributed by atoms with Crippen LogP contribution in [0.1, 0.15) is 54.7 Å². The van der Waals surface area contributed by atoms with Gasteiger partial charge in [-0.15, -0.1) is 5.10 Å². The van der Waals surface area contributed by atoms with Crippen molar-refractivity contribution in [3.8, 4) is 5.75 Å². The maximum atomic E-state index is 6.33. The van der Waals surface area contributed by atoms with Gasteiger partial charge in [-0.25, -0.2) is 4.98 Å². The summed E-state index contributed by atoms with van der Waals surface area (Å²) in [5, 5.41) is 19.7. The van der Waals surface area contributed by atoms with Crippen molar-refractivity contribution < 1.29 is 4.74 Å². The molecule has 0 amide bonds. The van der Waals surface area contributed by atoms with Gasteiger partial charge in [-0.2, -0.15) is 15.4 Å². The van der Waals surface area contributed by atoms with Crippen molar-refractivity contribution in [2.24, 2.45) is 5.41 Å². The van der Waals surface area contributed by atoms with Crippen molar-refractivity contribution in [2.45, 2.75) is 44.6 Å². The fourth-order valence-corrected chi connectivity index (χ4v) is 5.55. The Morgan fingerprint density at radius 3 is 2.97 bits per heavy atom. The first-order valence-corrected chi connectivity index (χ1v) is 12.1. The standard InChI is InChI=1S/C25H30N8O/c26-22-11-21(23-24(29-22)31-32-30-23)20-6-9-27-15-25(7-1-2-8-25)16-34-19-5-3-4-17(10-19)13-33-14-18(20)12-28-33/h3-5,10-12,14,20,27H,1-2,6-9,13,15-16H2,(H3,26,29,30,31,32). The van der Waals surface area contributed by atoms with Gasteiger partial charge in [0, 0.05) is 24.1 Å². The Balaban J connectivity index is 1.38. The number of benzene rings is 1. The number of fused-ring (bicyclic) bond motifs is 5. The van der Waals surface area contributed by atoms with Crippen LogP contribution in [-0.4, -0.2) is 49.9 Å². The Bertz CT molecular complexity index is 1290. The van der Waals surface area contributed by atoms with E-state index in [1.54, 1.807) is 0 Å². The van der Waals surface area contributed by atoms with Crippen LogP contribution in [0.2, 0.25) is 0 Å². The molecule has 9 heteroatoms. The summed E-state index contributed by atoms with van der Waals surface area (Å²) in [6.45, 7) is 3.26. The summed E-state index contributed by atoms with van der Waals surface area (Å²) >= 11 is 0. The number of nitrogen functional groups attached to an aromatic ring is 1. The molecule has 1 spiro atoms. The zero-order valence-electron chi connectivity index (χ0n) is 19.2. The molecule has 4 N–H and O–H groups in total. The molecule has 4 heterocycles. The monoisotopic (exact) mass is 458 g/mol. The molecular weight excluding hydrogens is 428 g/mol. The van der Waals surface area contributed by atoms with Gasteiger partial charge in [-0.3, -0.25) is 4.68 Å². The van der Waals surface area contributed by atoms with E-state index in [0.717, 1.165) is 48.5 Å². The first-order valence-electron chi connectivity index (χ1n) is 12.1. The second-order valence-electron chi connectivity index (χ2n) is 9.76. The predicted octanol–water partition coefficient (Wildman–Crippen LogP) is 3.24. The van der Waals surface area contributed by atoms with E-state index in [0.29, 0.717) is 18.0 Å². The van der Waals surface area contributed by atoms with E-state index >= 15 is 0 Å². The summed E-state index contributed by atoms with van der Waals surface area (Å²) in [4.78, 5) is 4.33. The first kappa shape index (κ1) is 21.1. The lowest BCUT2D eigenvalue weighted by Gasteiger charge is -2.30. The van der Waals surface area contributed by atoms with Crippen LogP contribution in [-0.2, 0) is 6.54 Å². The molecule has 1 aliphatic heterocycles. The van der Waals surface area contributed by atoms with E-state index < -0.39 is 0 Å². The Hall–Kier alpha value is -3.46. The normalized spacial score (nSPS) is 20.6. The number of nitrogens with one attached hydrogen (secondary N) is 2. The first-order chi connectivity index (χ1) is 16.7. The SMILES string of the molecule is Nc1cc(C2CCNCC3(CCCC3)COc3cccc(c3)Cn3cc2cn3)c2n[nH]nc2n1. The molecule has 9 nitrogen and oxygen atoms in total. The summed E-state index contributed by atoms with van der Waals surface area (Å²) in [5.41, 5.74) is 11.0. The smallest absolute Gasteiger partial charge is 0.203 e. The second-order valence-corrected chi connectivity index (χ2v) is 9.76. The highest BCUT2D eigenvalue weighted by atomic mass is 16.5. The molecule has 1 aromatic carbocycles. The van der Waals surface area contributed by atoms with Crippen LogP contribution < -0.4 is 15.8 Å². The van der Waals surface area contributed by atoms with Crippen molar-refractivity contribution in [2.75, 3.05) is 25.4 Å². The zero-order chi connectivity index (χ0) is 23.0. The van der Waals surface area contributed by atoms with Gasteiger partial charge in [0.1, 0.15) is 17.1 Å². The van der Waals surface area contributed by atoms with E-state index in [-0.39, 0.29) is 11.3 Å². The fourth-order valence-electron chi connectivity index (χ4n) is 5.55. The maximum absolute atomic E-state index is 6.33. The van der Waals surface area contributed by atoms with Gasteiger partial charge in [0.25, 0.3) is 0 Å². The summed E-state index contributed by atoms with van der Waals surface area (Å²) in [6, 6.07) is 10.3. The van der Waals surface area contributed by atoms with Crippen LogP contribution in [0.4, 0.5) is 5.82 Å². The van der Waals surface area contributed by atoms with Gasteiger partial charge < -0.3 is 15.8 Å². The average molecular weight is 459 g/mol. The molecule has 1 saturated carbocycles. The molecule has 34 heavy (non-hydrogen) atoms. The zero-order valence-corrected chi connectivity index (χ0v) is 19.2. The van der Waals surface area contributed by atoms with Crippen molar-refractivity contribution in [1.82, 2.24) is 35.5 Å². The molecule has 1 atom stereocenters. The fraction of sp³-hybridized carbons (Fsp3) is 0.440. The van der Waals surface area contributed by atoms with E-state index in [1.165, 1.54) is 31.2 Å². The Kier molecular flexibility index (Phi) is 5.41. The number of nitrogens with zero attached hydrogens (tertiary/aromatic N) is 5. The molecule has 176 valence electrons. The van der Waals surface area contributed by atoms with Gasteiger partial charge in [0.05, 0.1) is 19.3 Å². The second kappa shape index (κ2) is 8.72. The third-order valence-electron chi connectivity index (χ3n) is 7.33. The van der Waals surface area contributed by atoms with Crippen LogP contribution in [0, 0.1) is 5.41 Å². The Labute approximate surface area is 198 Å². The van der Waals surface area contributed by atoms with Crippen LogP contribution >= 0.6 is 0 Å². The van der Waals surface area contributed by atoms with Crippen molar-refractivity contribution in [1.29, 1.82) is 0 Å². The van der Waals surface area contributed by atoms with Gasteiger partial charge >= 0.3 is 0 Å². The number of anilines is 1. The quantitative estimate of drug-likeness (QED) is 0.400. The van der Waals surface area contributed by atoms with E-state index in [1.807, 2.05) is 16.9 Å². The maximum Gasteiger partial charge on any atom is 0.203 e. The number of ether oxygens (including phenoxy) is 1. The third-order valence-corrected chi connectivity index (χ3v) is 7.33. The highest BCUT2D eigenvalue weighted by molar-refractivity contribution is 5.77. The molecular formula is C25H30N8O. The Morgan fingerprint density at radius 2 is 2.06 bits per heavy atom. The number of hydrogen-bond acceptors (Lipinski definition) is 7. The summed E-state index contributed by atoms with van der Waals surface area (Å²) in [6.07, 6.45) is 9.92. The van der Waals surface area contributed by atoms with Crippen LogP contribution in [0.3, 0.4) is 0 Å². The molecule has 0 radical (unpaired) electrons. The lowest BCUT2D eigenvalue weighted by molar-refractivity contribution is 0.146. The van der Waals surface area contributed by atoms with Gasteiger partial charge in [-0.1, -0.05) is 25.0 Å². The predicted molar refractivity (Wildman–Crippen MR) is 130 cm³/mol. The molecule has 0 saturated heterocycles. The van der Waals surface area contributed by atoms with E-state index in [4.69, 9.17) is 10.5 Å². The highest BCUT2D eigenvalue weighted by Gasteiger charge is 2.34. The third kappa shape index (κ3) is 4.11. The highest BCUT2D eigenvalue weighted by Crippen LogP contribution is 2.38. The number of hydrogen-bond donors (Lipinski definition) is 3. The van der Waals surface area contributed by atoms with Crippen molar-refractivity contribution >= 4 is 17.0 Å². The number of aromatic nitrogens is 6. The Morgan fingerprint density at radius 1 is 1.15 bits per heavy atom. The molecule has 2 aliphatic rings. The average Bonchev–Trinajstić information content (AvgIpc) is 3.59. The molecule has 4 aromatic rings. The van der Waals surface area contributed by atoms with Gasteiger partial charge in [0.2, 0.25) is 5.65 Å². The van der Waals surface area contributed by atoms with Crippen LogP contribution in [0.15, 0.2) is 42.7 Å². The minimum atomic E-state index is 0.0754. The van der Waals surface area contributed by atoms with Gasteiger partial charge in [-0.05, 0) is 60.7 Å². The molecule has 6 rings (SSSR count). The number of pyridine rings is 1. The molecule has 1 fully saturated rings. The molecule has 1 aliphatic carbocycles. The number of aromatic amines is 1. The number of H-pyrrole nitrogens is 1. The van der Waals surface area contributed by atoms with Crippen molar-refractivity contribution in [3.05, 3.63) is 59.4 Å². The van der Waals surface area contributed by atoms with E-state index in [2.05, 4.69) is 61.3 Å². The number of nitrogens with two attached hydrogens (primary N) is 1. The largest absolute Gasteiger partial charge is 0.493 e. The van der Waals surface area contributed by atoms with Crippen LogP contribution in [0.5, 0.6) is 5.75 Å². The lowest BCUT2D eigenvalue weighted by Crippen LogP contribution is -2.37. The molecule has 1 unspecified atom stereocenters. The summed E-state index contributed by atoms with van der Waals surface area (Å²) < 4.78 is 8.31.